The molecular formula is C21H15F4NO2. The van der Waals surface area contributed by atoms with Gasteiger partial charge in [0, 0.05) is 23.5 Å². The van der Waals surface area contributed by atoms with Crippen molar-refractivity contribution in [2.24, 2.45) is 0 Å². The summed E-state index contributed by atoms with van der Waals surface area (Å²) in [7, 11) is 0. The molecule has 28 heavy (non-hydrogen) atoms. The third-order valence-corrected chi connectivity index (χ3v) is 4.02. The van der Waals surface area contributed by atoms with Crippen molar-refractivity contribution in [3.05, 3.63) is 89.1 Å². The van der Waals surface area contributed by atoms with Crippen molar-refractivity contribution in [3.8, 4) is 22.6 Å². The van der Waals surface area contributed by atoms with E-state index in [1.807, 2.05) is 0 Å². The molecule has 0 saturated carbocycles. The summed E-state index contributed by atoms with van der Waals surface area (Å²) in [5, 5.41) is 0. The van der Waals surface area contributed by atoms with Gasteiger partial charge in [-0.15, -0.1) is 13.2 Å². The first-order chi connectivity index (χ1) is 13.1. The van der Waals surface area contributed by atoms with E-state index in [0.717, 1.165) is 12.1 Å². The highest BCUT2D eigenvalue weighted by Crippen LogP contribution is 2.29. The Morgan fingerprint density at radius 3 is 2.18 bits per heavy atom. The fourth-order valence-corrected chi connectivity index (χ4v) is 2.76. The highest BCUT2D eigenvalue weighted by Gasteiger charge is 2.31. The molecule has 0 amide bonds. The van der Waals surface area contributed by atoms with Crippen molar-refractivity contribution in [1.82, 2.24) is 4.57 Å². The van der Waals surface area contributed by atoms with Gasteiger partial charge in [-0.3, -0.25) is 9.36 Å². The first kappa shape index (κ1) is 19.4. The molecule has 1 aromatic heterocycles. The lowest BCUT2D eigenvalue weighted by molar-refractivity contribution is -0.274. The van der Waals surface area contributed by atoms with Crippen LogP contribution in [0.2, 0.25) is 0 Å². The van der Waals surface area contributed by atoms with E-state index in [-0.39, 0.29) is 11.3 Å². The van der Waals surface area contributed by atoms with E-state index in [1.165, 1.54) is 34.9 Å². The van der Waals surface area contributed by atoms with Crippen LogP contribution in [0.15, 0.2) is 72.2 Å². The van der Waals surface area contributed by atoms with Crippen LogP contribution in [0.5, 0.6) is 5.75 Å². The lowest BCUT2D eigenvalue weighted by Crippen LogP contribution is -2.19. The minimum atomic E-state index is -4.79. The van der Waals surface area contributed by atoms with E-state index in [1.54, 1.807) is 25.3 Å². The predicted molar refractivity (Wildman–Crippen MR) is 98.8 cm³/mol. The van der Waals surface area contributed by atoms with Crippen molar-refractivity contribution in [1.29, 1.82) is 0 Å². The second-order valence-electron chi connectivity index (χ2n) is 6.14. The number of ether oxygens (including phenoxy) is 1. The lowest BCUT2D eigenvalue weighted by atomic mass is 9.98. The smallest absolute Gasteiger partial charge is 0.406 e. The van der Waals surface area contributed by atoms with Crippen molar-refractivity contribution >= 4 is 5.57 Å². The number of allylic oxidation sites excluding steroid dienone is 1. The summed E-state index contributed by atoms with van der Waals surface area (Å²) in [5.41, 5.74) is 2.54. The lowest BCUT2D eigenvalue weighted by Gasteiger charge is -2.14. The fourth-order valence-electron chi connectivity index (χ4n) is 2.76. The monoisotopic (exact) mass is 389 g/mol. The van der Waals surface area contributed by atoms with Crippen LogP contribution in [-0.2, 0) is 0 Å². The van der Waals surface area contributed by atoms with Crippen LogP contribution < -0.4 is 10.3 Å². The van der Waals surface area contributed by atoms with Crippen LogP contribution in [-0.4, -0.2) is 10.9 Å². The van der Waals surface area contributed by atoms with Gasteiger partial charge in [0.1, 0.15) is 11.6 Å². The van der Waals surface area contributed by atoms with Crippen LogP contribution in [0.3, 0.4) is 0 Å². The number of benzene rings is 2. The molecule has 7 heteroatoms. The maximum atomic E-state index is 13.3. The van der Waals surface area contributed by atoms with Gasteiger partial charge >= 0.3 is 6.36 Å². The van der Waals surface area contributed by atoms with Gasteiger partial charge in [-0.25, -0.2) is 4.39 Å². The SMILES string of the molecule is C=C(C)c1cc(=O)n(-c2ccc(OC(F)(F)F)cc2)cc1-c1ccc(F)cc1. The number of alkyl halides is 3. The average Bonchev–Trinajstić information content (AvgIpc) is 2.62. The second kappa shape index (κ2) is 7.34. The Morgan fingerprint density at radius 2 is 1.64 bits per heavy atom. The Hall–Kier alpha value is -3.35. The standard InChI is InChI=1S/C21H15F4NO2/c1-13(2)18-11-20(27)26(12-19(18)14-3-5-15(22)6-4-14)16-7-9-17(10-8-16)28-21(23,24)25/h3-12H,1H2,2H3. The van der Waals surface area contributed by atoms with Gasteiger partial charge in [-0.05, 0) is 54.4 Å². The number of nitrogens with zero attached hydrogens (tertiary/aromatic N) is 1. The Kier molecular flexibility index (Phi) is 5.09. The summed E-state index contributed by atoms with van der Waals surface area (Å²) in [4.78, 5) is 12.5. The summed E-state index contributed by atoms with van der Waals surface area (Å²) in [6, 6.07) is 12.1. The molecule has 0 atom stereocenters. The number of halogens is 4. The number of aromatic nitrogens is 1. The molecule has 144 valence electrons. The van der Waals surface area contributed by atoms with Gasteiger partial charge in [-0.2, -0.15) is 0 Å². The summed E-state index contributed by atoms with van der Waals surface area (Å²) < 4.78 is 55.3. The first-order valence-electron chi connectivity index (χ1n) is 8.19. The molecule has 3 nitrogen and oxygen atoms in total. The molecule has 0 aliphatic heterocycles. The summed E-state index contributed by atoms with van der Waals surface area (Å²) in [6.07, 6.45) is -3.24. The zero-order valence-electron chi connectivity index (χ0n) is 14.8. The normalized spacial score (nSPS) is 11.3. The molecule has 0 unspecified atom stereocenters. The van der Waals surface area contributed by atoms with Crippen LogP contribution >= 0.6 is 0 Å². The largest absolute Gasteiger partial charge is 0.573 e. The zero-order chi connectivity index (χ0) is 20.5. The van der Waals surface area contributed by atoms with Crippen molar-refractivity contribution in [2.45, 2.75) is 13.3 Å². The van der Waals surface area contributed by atoms with Crippen LogP contribution in [0.25, 0.3) is 22.4 Å². The number of rotatable bonds is 4. The van der Waals surface area contributed by atoms with Crippen molar-refractivity contribution < 1.29 is 22.3 Å². The van der Waals surface area contributed by atoms with Gasteiger partial charge in [0.15, 0.2) is 0 Å². The Balaban J connectivity index is 2.09. The summed E-state index contributed by atoms with van der Waals surface area (Å²) >= 11 is 0. The zero-order valence-corrected chi connectivity index (χ0v) is 14.8. The number of pyridine rings is 1. The van der Waals surface area contributed by atoms with E-state index in [0.29, 0.717) is 28.0 Å². The van der Waals surface area contributed by atoms with E-state index in [9.17, 15) is 22.4 Å². The van der Waals surface area contributed by atoms with Gasteiger partial charge in [0.25, 0.3) is 5.56 Å². The highest BCUT2D eigenvalue weighted by atomic mass is 19.4. The Bertz CT molecular complexity index is 1070. The Morgan fingerprint density at radius 1 is 1.04 bits per heavy atom. The molecule has 2 aromatic carbocycles. The summed E-state index contributed by atoms with van der Waals surface area (Å²) in [6.45, 7) is 5.62. The van der Waals surface area contributed by atoms with E-state index >= 15 is 0 Å². The number of hydrogen-bond donors (Lipinski definition) is 0. The molecule has 3 rings (SSSR count). The molecule has 0 bridgehead atoms. The van der Waals surface area contributed by atoms with Crippen LogP contribution in [0.1, 0.15) is 12.5 Å². The predicted octanol–water partition coefficient (Wildman–Crippen LogP) is 5.58. The van der Waals surface area contributed by atoms with E-state index in [4.69, 9.17) is 0 Å². The topological polar surface area (TPSA) is 31.2 Å². The van der Waals surface area contributed by atoms with Crippen LogP contribution in [0, 0.1) is 5.82 Å². The minimum absolute atomic E-state index is 0.358. The maximum Gasteiger partial charge on any atom is 0.573 e. The van der Waals surface area contributed by atoms with Crippen molar-refractivity contribution in [3.63, 3.8) is 0 Å². The molecule has 0 fully saturated rings. The molecule has 1 heterocycles. The molecule has 0 aliphatic rings. The quantitative estimate of drug-likeness (QED) is 0.546. The summed E-state index contributed by atoms with van der Waals surface area (Å²) in [5.74, 6) is -0.782. The highest BCUT2D eigenvalue weighted by molar-refractivity contribution is 5.79. The molecule has 0 aliphatic carbocycles. The second-order valence-corrected chi connectivity index (χ2v) is 6.14. The fraction of sp³-hybridized carbons (Fsp3) is 0.0952. The van der Waals surface area contributed by atoms with Gasteiger partial charge < -0.3 is 4.74 Å². The first-order valence-corrected chi connectivity index (χ1v) is 8.19. The van der Waals surface area contributed by atoms with Crippen molar-refractivity contribution in [2.75, 3.05) is 0 Å². The third kappa shape index (κ3) is 4.31. The third-order valence-electron chi connectivity index (χ3n) is 4.02. The number of hydrogen-bond acceptors (Lipinski definition) is 2. The minimum Gasteiger partial charge on any atom is -0.406 e. The molecule has 0 saturated heterocycles. The molecule has 0 radical (unpaired) electrons. The van der Waals surface area contributed by atoms with Gasteiger partial charge in [0.2, 0.25) is 0 Å². The average molecular weight is 389 g/mol. The molecule has 3 aromatic rings. The van der Waals surface area contributed by atoms with E-state index < -0.39 is 12.2 Å². The van der Waals surface area contributed by atoms with Crippen LogP contribution in [0.4, 0.5) is 17.6 Å². The maximum absolute atomic E-state index is 13.3. The van der Waals surface area contributed by atoms with E-state index in [2.05, 4.69) is 11.3 Å². The van der Waals surface area contributed by atoms with Gasteiger partial charge in [0.05, 0.1) is 0 Å². The van der Waals surface area contributed by atoms with Gasteiger partial charge in [-0.1, -0.05) is 24.3 Å². The molecular weight excluding hydrogens is 374 g/mol. The molecule has 0 spiro atoms. The Labute approximate surface area is 158 Å². The molecule has 0 N–H and O–H groups in total.